The summed E-state index contributed by atoms with van der Waals surface area (Å²) in [5, 5.41) is 5.46. The Morgan fingerprint density at radius 1 is 1.25 bits per heavy atom. The molecule has 0 aromatic heterocycles. The van der Waals surface area contributed by atoms with Crippen molar-refractivity contribution in [1.29, 1.82) is 0 Å². The molecule has 0 saturated heterocycles. The molecule has 0 bridgehead atoms. The van der Waals surface area contributed by atoms with E-state index in [2.05, 4.69) is 26.6 Å². The van der Waals surface area contributed by atoms with Gasteiger partial charge in [0.05, 0.1) is 18.4 Å². The fraction of sp³-hybridized carbons (Fsp3) is 0.286. The molecule has 2 amide bonds. The maximum Gasteiger partial charge on any atom is 0.250 e. The van der Waals surface area contributed by atoms with Crippen molar-refractivity contribution in [3.05, 3.63) is 40.6 Å². The van der Waals surface area contributed by atoms with Crippen LogP contribution in [0, 0.1) is 0 Å². The average Bonchev–Trinajstić information content (AvgIpc) is 2.95. The van der Waals surface area contributed by atoms with Crippen molar-refractivity contribution in [2.75, 3.05) is 18.5 Å². The summed E-state index contributed by atoms with van der Waals surface area (Å²) in [7, 11) is 0. The van der Waals surface area contributed by atoms with Crippen LogP contribution in [-0.4, -0.2) is 25.0 Å². The first-order chi connectivity index (χ1) is 9.65. The van der Waals surface area contributed by atoms with Gasteiger partial charge >= 0.3 is 0 Å². The number of carbonyl (C=O) groups excluding carboxylic acids is 2. The van der Waals surface area contributed by atoms with Gasteiger partial charge in [-0.05, 0) is 24.3 Å². The zero-order valence-electron chi connectivity index (χ0n) is 10.8. The van der Waals surface area contributed by atoms with Crippen molar-refractivity contribution in [2.45, 2.75) is 12.8 Å². The Kier molecular flexibility index (Phi) is 5.17. The van der Waals surface area contributed by atoms with Gasteiger partial charge in [0.1, 0.15) is 0 Å². The van der Waals surface area contributed by atoms with Crippen molar-refractivity contribution in [2.24, 2.45) is 0 Å². The van der Waals surface area contributed by atoms with Crippen LogP contribution >= 0.6 is 15.9 Å². The fourth-order valence-corrected chi connectivity index (χ4v) is 1.98. The van der Waals surface area contributed by atoms with Crippen molar-refractivity contribution in [3.63, 3.8) is 0 Å². The van der Waals surface area contributed by atoms with Crippen LogP contribution in [-0.2, 0) is 14.3 Å². The van der Waals surface area contributed by atoms with Crippen LogP contribution in [0.5, 0.6) is 0 Å². The molecule has 1 heterocycles. The highest BCUT2D eigenvalue weighted by molar-refractivity contribution is 9.10. The fourth-order valence-electron chi connectivity index (χ4n) is 1.71. The Bertz CT molecular complexity index is 526. The molecule has 0 radical (unpaired) electrons. The zero-order valence-corrected chi connectivity index (χ0v) is 12.4. The number of amides is 2. The van der Waals surface area contributed by atoms with E-state index in [1.807, 2.05) is 12.1 Å². The number of halogens is 1. The average molecular weight is 339 g/mol. The molecule has 1 aromatic carbocycles. The summed E-state index contributed by atoms with van der Waals surface area (Å²) in [4.78, 5) is 23.3. The molecule has 0 saturated carbocycles. The van der Waals surface area contributed by atoms with Gasteiger partial charge in [0, 0.05) is 29.5 Å². The smallest absolute Gasteiger partial charge is 0.250 e. The Hall–Kier alpha value is -1.82. The van der Waals surface area contributed by atoms with E-state index in [4.69, 9.17) is 4.74 Å². The minimum absolute atomic E-state index is 0.135. The molecule has 0 atom stereocenters. The monoisotopic (exact) mass is 338 g/mol. The first kappa shape index (κ1) is 14.6. The predicted octanol–water partition coefficient (Wildman–Crippen LogP) is 2.20. The van der Waals surface area contributed by atoms with Gasteiger partial charge in [-0.25, -0.2) is 0 Å². The third kappa shape index (κ3) is 4.38. The molecule has 2 rings (SSSR count). The third-order valence-electron chi connectivity index (χ3n) is 2.77. The number of hydrogen-bond acceptors (Lipinski definition) is 3. The summed E-state index contributed by atoms with van der Waals surface area (Å²) < 4.78 is 5.94. The Morgan fingerprint density at radius 2 is 2.00 bits per heavy atom. The lowest BCUT2D eigenvalue weighted by Crippen LogP contribution is -2.28. The van der Waals surface area contributed by atoms with E-state index in [1.54, 1.807) is 12.1 Å². The second kappa shape index (κ2) is 7.09. The Labute approximate surface area is 125 Å². The van der Waals surface area contributed by atoms with Crippen LogP contribution in [0.1, 0.15) is 12.8 Å². The van der Waals surface area contributed by atoms with Gasteiger partial charge in [-0.1, -0.05) is 15.9 Å². The molecule has 6 heteroatoms. The van der Waals surface area contributed by atoms with Crippen LogP contribution in [0.25, 0.3) is 0 Å². The van der Waals surface area contributed by atoms with Crippen LogP contribution in [0.15, 0.2) is 40.6 Å². The van der Waals surface area contributed by atoms with E-state index < -0.39 is 0 Å². The lowest BCUT2D eigenvalue weighted by atomic mass is 10.2. The minimum atomic E-state index is -0.168. The van der Waals surface area contributed by atoms with Crippen LogP contribution < -0.4 is 10.6 Å². The molecule has 0 unspecified atom stereocenters. The summed E-state index contributed by atoms with van der Waals surface area (Å²) in [6.07, 6.45) is 2.32. The highest BCUT2D eigenvalue weighted by atomic mass is 79.9. The molecular formula is C14H15BrN2O3. The van der Waals surface area contributed by atoms with Gasteiger partial charge in [-0.3, -0.25) is 9.59 Å². The van der Waals surface area contributed by atoms with Gasteiger partial charge in [-0.15, -0.1) is 0 Å². The maximum atomic E-state index is 11.7. The molecule has 5 nitrogen and oxygen atoms in total. The zero-order chi connectivity index (χ0) is 14.4. The third-order valence-corrected chi connectivity index (χ3v) is 3.30. The number of nitrogens with one attached hydrogen (secondary N) is 2. The number of benzene rings is 1. The van der Waals surface area contributed by atoms with E-state index in [0.29, 0.717) is 25.1 Å². The highest BCUT2D eigenvalue weighted by Crippen LogP contribution is 2.14. The van der Waals surface area contributed by atoms with E-state index in [9.17, 15) is 9.59 Å². The van der Waals surface area contributed by atoms with E-state index in [0.717, 1.165) is 10.2 Å². The summed E-state index contributed by atoms with van der Waals surface area (Å²) in [5.41, 5.74) is 1.36. The molecule has 20 heavy (non-hydrogen) atoms. The van der Waals surface area contributed by atoms with Gasteiger partial charge in [0.2, 0.25) is 11.8 Å². The standard InChI is InChI=1S/C14H15BrN2O3/c15-11-1-3-12(4-2-11)17-13(18)5-7-16-14(19)10-6-8-20-9-10/h1-4,9H,5-8H2,(H,16,19)(H,17,18). The first-order valence-electron chi connectivity index (χ1n) is 6.29. The summed E-state index contributed by atoms with van der Waals surface area (Å²) >= 11 is 3.33. The molecule has 1 aliphatic rings. The second-order valence-corrected chi connectivity index (χ2v) is 5.24. The summed E-state index contributed by atoms with van der Waals surface area (Å²) in [6.45, 7) is 0.853. The second-order valence-electron chi connectivity index (χ2n) is 4.32. The SMILES string of the molecule is O=C(CCNC(=O)C1=COCC1)Nc1ccc(Br)cc1. The summed E-state index contributed by atoms with van der Waals surface area (Å²) in [6, 6.07) is 7.32. The van der Waals surface area contributed by atoms with Crippen LogP contribution in [0.4, 0.5) is 5.69 Å². The van der Waals surface area contributed by atoms with Crippen molar-refractivity contribution in [3.8, 4) is 0 Å². The molecule has 0 spiro atoms. The normalized spacial score (nSPS) is 13.3. The predicted molar refractivity (Wildman–Crippen MR) is 79.1 cm³/mol. The number of anilines is 1. The van der Waals surface area contributed by atoms with Crippen molar-refractivity contribution in [1.82, 2.24) is 5.32 Å². The quantitative estimate of drug-likeness (QED) is 0.864. The van der Waals surface area contributed by atoms with Crippen molar-refractivity contribution >= 4 is 33.4 Å². The van der Waals surface area contributed by atoms with E-state index in [1.165, 1.54) is 6.26 Å². The molecular weight excluding hydrogens is 324 g/mol. The Balaban J connectivity index is 1.70. The van der Waals surface area contributed by atoms with E-state index in [-0.39, 0.29) is 18.2 Å². The number of carbonyl (C=O) groups is 2. The summed E-state index contributed by atoms with van der Waals surface area (Å²) in [5.74, 6) is -0.303. The Morgan fingerprint density at radius 3 is 2.65 bits per heavy atom. The molecule has 106 valence electrons. The van der Waals surface area contributed by atoms with Crippen molar-refractivity contribution < 1.29 is 14.3 Å². The molecule has 2 N–H and O–H groups in total. The van der Waals surface area contributed by atoms with Crippen LogP contribution in [0.3, 0.4) is 0 Å². The topological polar surface area (TPSA) is 67.4 Å². The molecule has 0 aliphatic carbocycles. The molecule has 0 fully saturated rings. The number of ether oxygens (including phenoxy) is 1. The first-order valence-corrected chi connectivity index (χ1v) is 7.09. The number of rotatable bonds is 5. The molecule has 1 aliphatic heterocycles. The van der Waals surface area contributed by atoms with Crippen LogP contribution in [0.2, 0.25) is 0 Å². The van der Waals surface area contributed by atoms with Gasteiger partial charge < -0.3 is 15.4 Å². The lowest BCUT2D eigenvalue weighted by molar-refractivity contribution is -0.118. The molecule has 1 aromatic rings. The number of hydrogen-bond donors (Lipinski definition) is 2. The highest BCUT2D eigenvalue weighted by Gasteiger charge is 2.14. The maximum absolute atomic E-state index is 11.7. The largest absolute Gasteiger partial charge is 0.500 e. The van der Waals surface area contributed by atoms with Gasteiger partial charge in [0.15, 0.2) is 0 Å². The minimum Gasteiger partial charge on any atom is -0.500 e. The van der Waals surface area contributed by atoms with E-state index >= 15 is 0 Å². The van der Waals surface area contributed by atoms with Gasteiger partial charge in [-0.2, -0.15) is 0 Å². The van der Waals surface area contributed by atoms with Gasteiger partial charge in [0.25, 0.3) is 0 Å². The lowest BCUT2D eigenvalue weighted by Gasteiger charge is -2.06.